The number of thiocarbonyl (C=S) groups is 1. The largest absolute Gasteiger partial charge is 0.444 e. The number of nitrogens with zero attached hydrogens (tertiary/aromatic N) is 3. The lowest BCUT2D eigenvalue weighted by molar-refractivity contribution is -0.134. The molecule has 1 aromatic carbocycles. The maximum atomic E-state index is 12.6. The number of aromatic nitrogens is 2. The van der Waals surface area contributed by atoms with Gasteiger partial charge in [0.1, 0.15) is 16.3 Å². The molecular formula is C23H30ClN5O3S. The number of carbonyl (C=O) groups is 2. The summed E-state index contributed by atoms with van der Waals surface area (Å²) in [5.74, 6) is -0.136. The van der Waals surface area contributed by atoms with Crippen LogP contribution in [-0.4, -0.2) is 63.9 Å². The summed E-state index contributed by atoms with van der Waals surface area (Å²) in [5, 5.41) is 16.2. The van der Waals surface area contributed by atoms with Gasteiger partial charge in [-0.15, -0.1) is 10.2 Å². The number of fused-ring (bicyclic) bond motifs is 1. The van der Waals surface area contributed by atoms with Crippen LogP contribution in [0.1, 0.15) is 45.7 Å². The Kier molecular flexibility index (Phi) is 7.74. The predicted octanol–water partition coefficient (Wildman–Crippen LogP) is 3.70. The molecule has 1 heterocycles. The molecule has 10 heteroatoms. The van der Waals surface area contributed by atoms with Crippen LogP contribution in [-0.2, 0) is 9.53 Å². The summed E-state index contributed by atoms with van der Waals surface area (Å²) in [6.45, 7) is 5.42. The molecule has 2 amide bonds. The lowest BCUT2D eigenvalue weighted by Gasteiger charge is -2.37. The van der Waals surface area contributed by atoms with Crippen LogP contribution in [0.2, 0.25) is 5.02 Å². The van der Waals surface area contributed by atoms with E-state index in [1.165, 1.54) is 0 Å². The lowest BCUT2D eigenvalue weighted by atomic mass is 9.81. The highest BCUT2D eigenvalue weighted by Crippen LogP contribution is 2.27. The third-order valence-electron chi connectivity index (χ3n) is 5.44. The van der Waals surface area contributed by atoms with E-state index in [9.17, 15) is 9.59 Å². The van der Waals surface area contributed by atoms with Gasteiger partial charge in [0.2, 0.25) is 5.91 Å². The highest BCUT2D eigenvalue weighted by molar-refractivity contribution is 7.80. The molecule has 1 saturated carbocycles. The summed E-state index contributed by atoms with van der Waals surface area (Å²) in [5.41, 5.74) is 0.586. The van der Waals surface area contributed by atoms with Crippen LogP contribution < -0.4 is 10.6 Å². The van der Waals surface area contributed by atoms with E-state index < -0.39 is 11.7 Å². The van der Waals surface area contributed by atoms with Crippen molar-refractivity contribution in [3.63, 3.8) is 0 Å². The zero-order chi connectivity index (χ0) is 24.3. The molecule has 0 bridgehead atoms. The van der Waals surface area contributed by atoms with Crippen molar-refractivity contribution in [1.82, 2.24) is 25.7 Å². The first kappa shape index (κ1) is 25.1. The normalized spacial score (nSPS) is 20.7. The number of rotatable bonds is 4. The smallest absolute Gasteiger partial charge is 0.407 e. The molecule has 2 N–H and O–H groups in total. The number of alkyl carbamates (subject to hydrolysis) is 1. The molecule has 0 saturated heterocycles. The van der Waals surface area contributed by atoms with Gasteiger partial charge < -0.3 is 20.3 Å². The van der Waals surface area contributed by atoms with Crippen LogP contribution in [0.15, 0.2) is 24.3 Å². The van der Waals surface area contributed by atoms with E-state index in [-0.39, 0.29) is 23.9 Å². The molecular weight excluding hydrogens is 462 g/mol. The second-order valence-corrected chi connectivity index (χ2v) is 10.4. The minimum Gasteiger partial charge on any atom is -0.444 e. The minimum atomic E-state index is -0.626. The fourth-order valence-electron chi connectivity index (χ4n) is 3.91. The van der Waals surface area contributed by atoms with Gasteiger partial charge in [-0.25, -0.2) is 4.79 Å². The van der Waals surface area contributed by atoms with Crippen molar-refractivity contribution in [3.05, 3.63) is 35.0 Å². The Balaban J connectivity index is 1.76. The van der Waals surface area contributed by atoms with Gasteiger partial charge in [0.05, 0.1) is 11.6 Å². The Morgan fingerprint density at radius 3 is 2.52 bits per heavy atom. The van der Waals surface area contributed by atoms with Crippen LogP contribution in [0.4, 0.5) is 4.79 Å². The summed E-state index contributed by atoms with van der Waals surface area (Å²) >= 11 is 11.6. The topological polar surface area (TPSA) is 96.5 Å². The van der Waals surface area contributed by atoms with Crippen molar-refractivity contribution in [2.45, 2.75) is 57.7 Å². The van der Waals surface area contributed by atoms with Crippen LogP contribution in [0.25, 0.3) is 10.9 Å². The first-order valence-electron chi connectivity index (χ1n) is 10.9. The molecule has 0 unspecified atom stereocenters. The molecule has 33 heavy (non-hydrogen) atoms. The number of halogens is 1. The van der Waals surface area contributed by atoms with Crippen molar-refractivity contribution in [3.8, 4) is 0 Å². The summed E-state index contributed by atoms with van der Waals surface area (Å²) in [6.07, 6.45) is 1.30. The van der Waals surface area contributed by atoms with E-state index in [4.69, 9.17) is 28.6 Å². The number of carbonyl (C=O) groups excluding carboxylic acids is 2. The van der Waals surface area contributed by atoms with E-state index in [2.05, 4.69) is 20.8 Å². The summed E-state index contributed by atoms with van der Waals surface area (Å²) in [4.78, 5) is 27.1. The molecule has 0 spiro atoms. The van der Waals surface area contributed by atoms with E-state index in [1.807, 2.05) is 32.9 Å². The Labute approximate surface area is 204 Å². The molecule has 1 aliphatic rings. The molecule has 1 fully saturated rings. The van der Waals surface area contributed by atoms with E-state index in [0.29, 0.717) is 40.5 Å². The van der Waals surface area contributed by atoms with Crippen LogP contribution in [0, 0.1) is 5.92 Å². The number of ether oxygens (including phenoxy) is 1. The molecule has 2 aromatic rings. The van der Waals surface area contributed by atoms with Crippen LogP contribution in [0.3, 0.4) is 0 Å². The number of amides is 2. The predicted molar refractivity (Wildman–Crippen MR) is 132 cm³/mol. The zero-order valence-corrected chi connectivity index (χ0v) is 21.1. The van der Waals surface area contributed by atoms with Crippen molar-refractivity contribution >= 4 is 51.7 Å². The second kappa shape index (κ2) is 10.2. The van der Waals surface area contributed by atoms with Gasteiger partial charge in [-0.05, 0) is 58.2 Å². The van der Waals surface area contributed by atoms with Gasteiger partial charge in [-0.1, -0.05) is 29.9 Å². The highest BCUT2D eigenvalue weighted by Gasteiger charge is 2.36. The summed E-state index contributed by atoms with van der Waals surface area (Å²) in [6, 6.07) is 6.73. The quantitative estimate of drug-likeness (QED) is 0.629. The molecule has 0 radical (unpaired) electrons. The molecule has 8 nitrogen and oxygen atoms in total. The van der Waals surface area contributed by atoms with Crippen LogP contribution >= 0.6 is 23.8 Å². The number of hydrogen-bond donors (Lipinski definition) is 2. The first-order chi connectivity index (χ1) is 15.4. The van der Waals surface area contributed by atoms with E-state index >= 15 is 0 Å². The van der Waals surface area contributed by atoms with Gasteiger partial charge >= 0.3 is 6.09 Å². The van der Waals surface area contributed by atoms with E-state index in [1.54, 1.807) is 31.1 Å². The zero-order valence-electron chi connectivity index (χ0n) is 19.5. The lowest BCUT2D eigenvalue weighted by Crippen LogP contribution is -2.56. The maximum Gasteiger partial charge on any atom is 0.407 e. The van der Waals surface area contributed by atoms with Gasteiger partial charge in [0.15, 0.2) is 0 Å². The third-order valence-corrected chi connectivity index (χ3v) is 6.00. The maximum absolute atomic E-state index is 12.6. The number of benzene rings is 1. The number of hydrogen-bond acceptors (Lipinski definition) is 6. The molecule has 0 aliphatic heterocycles. The average Bonchev–Trinajstić information content (AvgIpc) is 2.72. The molecule has 3 atom stereocenters. The Morgan fingerprint density at radius 2 is 1.85 bits per heavy atom. The average molecular weight is 492 g/mol. The second-order valence-electron chi connectivity index (χ2n) is 9.51. The molecule has 3 rings (SSSR count). The Morgan fingerprint density at radius 1 is 1.12 bits per heavy atom. The first-order valence-corrected chi connectivity index (χ1v) is 11.7. The van der Waals surface area contributed by atoms with Crippen molar-refractivity contribution in [2.75, 3.05) is 14.1 Å². The Hall–Kier alpha value is -2.52. The third kappa shape index (κ3) is 6.74. The molecule has 1 aromatic heterocycles. The summed E-state index contributed by atoms with van der Waals surface area (Å²) < 4.78 is 5.44. The number of nitrogens with one attached hydrogen (secondary N) is 2. The van der Waals surface area contributed by atoms with Gasteiger partial charge in [0.25, 0.3) is 0 Å². The minimum absolute atomic E-state index is 0.0473. The SMILES string of the molecule is CN(C)C(=O)[C@H]1CC[C@H](NC(=S)c2cc3ccc(Cl)cc3nn2)[C@H](NC(=O)OC(C)(C)C)C1. The monoisotopic (exact) mass is 491 g/mol. The molecule has 1 aliphatic carbocycles. The van der Waals surface area contributed by atoms with Gasteiger partial charge in [-0.2, -0.15) is 0 Å². The molecule has 178 valence electrons. The van der Waals surface area contributed by atoms with Crippen molar-refractivity contribution < 1.29 is 14.3 Å². The van der Waals surface area contributed by atoms with Gasteiger partial charge in [-0.3, -0.25) is 4.79 Å². The standard InChI is InChI=1S/C23H30ClN5O3S/c1-23(2,3)32-22(31)26-18-11-14(21(30)29(4)5)7-9-16(18)25-20(33)19-10-13-6-8-15(24)12-17(13)27-28-19/h6,8,10,12,14,16,18H,7,9,11H2,1-5H3,(H,25,33)(H,26,31)/t14-,16-,18+/m0/s1. The fourth-order valence-corrected chi connectivity index (χ4v) is 4.33. The van der Waals surface area contributed by atoms with Crippen LogP contribution in [0.5, 0.6) is 0 Å². The van der Waals surface area contributed by atoms with Crippen molar-refractivity contribution in [1.29, 1.82) is 0 Å². The fraction of sp³-hybridized carbons (Fsp3) is 0.522. The van der Waals surface area contributed by atoms with Crippen molar-refractivity contribution in [2.24, 2.45) is 5.92 Å². The Bertz CT molecular complexity index is 1060. The van der Waals surface area contributed by atoms with Gasteiger partial charge in [0, 0.05) is 36.5 Å². The summed E-state index contributed by atoms with van der Waals surface area (Å²) in [7, 11) is 3.48. The van der Waals surface area contributed by atoms with E-state index in [0.717, 1.165) is 5.39 Å². The highest BCUT2D eigenvalue weighted by atomic mass is 35.5.